The summed E-state index contributed by atoms with van der Waals surface area (Å²) in [6.45, 7) is 1.81. The van der Waals surface area contributed by atoms with Gasteiger partial charge in [-0.05, 0) is 30.7 Å². The third-order valence-electron chi connectivity index (χ3n) is 3.19. The van der Waals surface area contributed by atoms with Gasteiger partial charge in [0.05, 0.1) is 0 Å². The fraction of sp³-hybridized carbons (Fsp3) is 0.118. The molecule has 1 aliphatic heterocycles. The number of benzene rings is 2. The molecule has 0 amide bonds. The molecule has 1 aliphatic rings. The number of allylic oxidation sites excluding steroid dienone is 1. The summed E-state index contributed by atoms with van der Waals surface area (Å²) in [6.07, 6.45) is 1.91. The highest BCUT2D eigenvalue weighted by molar-refractivity contribution is 8.01. The summed E-state index contributed by atoms with van der Waals surface area (Å²) in [6, 6.07) is 19.7. The largest absolute Gasteiger partial charge is 0.430 e. The molecule has 2 nitrogen and oxygen atoms in total. The highest BCUT2D eigenvalue weighted by Gasteiger charge is 2.45. The van der Waals surface area contributed by atoms with Gasteiger partial charge < -0.3 is 4.74 Å². The smallest absolute Gasteiger partial charge is 0.336 e. The van der Waals surface area contributed by atoms with Gasteiger partial charge in [0.25, 0.3) is 0 Å². The summed E-state index contributed by atoms with van der Waals surface area (Å²) in [7, 11) is 0. The maximum atomic E-state index is 12.4. The highest BCUT2D eigenvalue weighted by atomic mass is 32.2. The van der Waals surface area contributed by atoms with E-state index in [1.54, 1.807) is 0 Å². The molecule has 0 radical (unpaired) electrons. The predicted molar refractivity (Wildman–Crippen MR) is 80.3 cm³/mol. The molecule has 0 spiro atoms. The zero-order valence-corrected chi connectivity index (χ0v) is 11.9. The van der Waals surface area contributed by atoms with Crippen LogP contribution in [0.2, 0.25) is 0 Å². The number of cyclic esters (lactones) is 1. The van der Waals surface area contributed by atoms with Crippen molar-refractivity contribution in [3.63, 3.8) is 0 Å². The molecule has 0 N–H and O–H groups in total. The molecule has 0 aliphatic carbocycles. The first-order chi connectivity index (χ1) is 9.71. The topological polar surface area (TPSA) is 26.3 Å². The maximum Gasteiger partial charge on any atom is 0.336 e. The summed E-state index contributed by atoms with van der Waals surface area (Å²) >= 11 is 1.51. The molecule has 0 saturated heterocycles. The lowest BCUT2D eigenvalue weighted by atomic mass is 9.99. The number of thioether (sulfide) groups is 1. The van der Waals surface area contributed by atoms with Gasteiger partial charge in [0.15, 0.2) is 4.75 Å². The van der Waals surface area contributed by atoms with Gasteiger partial charge in [0, 0.05) is 4.90 Å². The summed E-state index contributed by atoms with van der Waals surface area (Å²) in [5.74, 6) is 0.428. The molecule has 20 heavy (non-hydrogen) atoms. The van der Waals surface area contributed by atoms with Crippen LogP contribution in [0.5, 0.6) is 0 Å². The molecule has 3 heteroatoms. The van der Waals surface area contributed by atoms with Crippen molar-refractivity contribution in [1.29, 1.82) is 0 Å². The fourth-order valence-electron chi connectivity index (χ4n) is 2.29. The van der Waals surface area contributed by atoms with Crippen LogP contribution in [-0.2, 0) is 14.3 Å². The number of carbonyl (C=O) groups is 1. The van der Waals surface area contributed by atoms with E-state index in [1.165, 1.54) is 11.8 Å². The van der Waals surface area contributed by atoms with Gasteiger partial charge in [-0.1, -0.05) is 60.3 Å². The van der Waals surface area contributed by atoms with Crippen LogP contribution in [0, 0.1) is 0 Å². The van der Waals surface area contributed by atoms with Crippen LogP contribution < -0.4 is 0 Å². The Balaban J connectivity index is 2.08. The molecular weight excluding hydrogens is 268 g/mol. The van der Waals surface area contributed by atoms with E-state index in [-0.39, 0.29) is 5.97 Å². The zero-order valence-electron chi connectivity index (χ0n) is 11.1. The van der Waals surface area contributed by atoms with Crippen molar-refractivity contribution in [3.8, 4) is 0 Å². The second kappa shape index (κ2) is 5.17. The van der Waals surface area contributed by atoms with Gasteiger partial charge >= 0.3 is 5.97 Å². The Labute approximate surface area is 122 Å². The van der Waals surface area contributed by atoms with Crippen molar-refractivity contribution < 1.29 is 9.53 Å². The third kappa shape index (κ3) is 2.25. The normalized spacial score (nSPS) is 21.4. The van der Waals surface area contributed by atoms with Crippen molar-refractivity contribution in [3.05, 3.63) is 78.1 Å². The number of hydrogen-bond donors (Lipinski definition) is 0. The molecule has 1 heterocycles. The molecule has 0 fully saturated rings. The molecule has 0 saturated carbocycles. The minimum absolute atomic E-state index is 0.227. The van der Waals surface area contributed by atoms with Crippen molar-refractivity contribution in [2.75, 3.05) is 0 Å². The lowest BCUT2D eigenvalue weighted by molar-refractivity contribution is -0.138. The zero-order chi connectivity index (χ0) is 14.0. The lowest BCUT2D eigenvalue weighted by Gasteiger charge is -2.23. The van der Waals surface area contributed by atoms with Crippen molar-refractivity contribution >= 4 is 17.7 Å². The second-order valence-corrected chi connectivity index (χ2v) is 5.98. The van der Waals surface area contributed by atoms with E-state index in [9.17, 15) is 4.79 Å². The standard InChI is InChI=1S/C17H14O2S/c1-13-12-17(16(18)19-13,14-8-4-2-5-9-14)20-15-10-6-3-7-11-15/h2-12H,1H3. The minimum atomic E-state index is -0.785. The maximum absolute atomic E-state index is 12.4. The van der Waals surface area contributed by atoms with E-state index < -0.39 is 4.75 Å². The first-order valence-corrected chi connectivity index (χ1v) is 7.24. The lowest BCUT2D eigenvalue weighted by Crippen LogP contribution is -2.27. The molecule has 1 unspecified atom stereocenters. The van der Waals surface area contributed by atoms with Crippen LogP contribution in [0.3, 0.4) is 0 Å². The van der Waals surface area contributed by atoms with E-state index in [0.717, 1.165) is 10.5 Å². The SMILES string of the molecule is CC1=CC(Sc2ccccc2)(c2ccccc2)C(=O)O1. The Morgan fingerprint density at radius 3 is 2.10 bits per heavy atom. The van der Waals surface area contributed by atoms with Gasteiger partial charge in [-0.25, -0.2) is 4.79 Å². The summed E-state index contributed by atoms with van der Waals surface area (Å²) in [4.78, 5) is 13.5. The Morgan fingerprint density at radius 1 is 0.950 bits per heavy atom. The van der Waals surface area contributed by atoms with Crippen molar-refractivity contribution in [1.82, 2.24) is 0 Å². The minimum Gasteiger partial charge on any atom is -0.430 e. The van der Waals surface area contributed by atoms with E-state index in [4.69, 9.17) is 4.74 Å². The number of rotatable bonds is 3. The van der Waals surface area contributed by atoms with Gasteiger partial charge in [0.1, 0.15) is 5.76 Å². The molecule has 100 valence electrons. The summed E-state index contributed by atoms with van der Waals surface area (Å²) < 4.78 is 4.52. The Morgan fingerprint density at radius 2 is 1.55 bits per heavy atom. The third-order valence-corrected chi connectivity index (χ3v) is 4.54. The summed E-state index contributed by atoms with van der Waals surface area (Å²) in [5.41, 5.74) is 0.940. The monoisotopic (exact) mass is 282 g/mol. The van der Waals surface area contributed by atoms with E-state index >= 15 is 0 Å². The molecular formula is C17H14O2S. The predicted octanol–water partition coefficient (Wildman–Crippen LogP) is 4.13. The second-order valence-electron chi connectivity index (χ2n) is 4.66. The number of ether oxygens (including phenoxy) is 1. The van der Waals surface area contributed by atoms with Crippen molar-refractivity contribution in [2.45, 2.75) is 16.6 Å². The van der Waals surface area contributed by atoms with Gasteiger partial charge in [-0.3, -0.25) is 0 Å². The average Bonchev–Trinajstić information content (AvgIpc) is 2.76. The quantitative estimate of drug-likeness (QED) is 0.792. The fourth-order valence-corrected chi connectivity index (χ4v) is 3.56. The van der Waals surface area contributed by atoms with Crippen LogP contribution in [-0.4, -0.2) is 5.97 Å². The van der Waals surface area contributed by atoms with Gasteiger partial charge in [-0.2, -0.15) is 0 Å². The number of carbonyl (C=O) groups excluding carboxylic acids is 1. The molecule has 0 aromatic heterocycles. The van der Waals surface area contributed by atoms with Gasteiger partial charge in [0.2, 0.25) is 0 Å². The van der Waals surface area contributed by atoms with Crippen LogP contribution in [0.15, 0.2) is 77.4 Å². The average molecular weight is 282 g/mol. The Hall–Kier alpha value is -2.00. The van der Waals surface area contributed by atoms with Crippen LogP contribution >= 0.6 is 11.8 Å². The van der Waals surface area contributed by atoms with Gasteiger partial charge in [-0.15, -0.1) is 0 Å². The molecule has 2 aromatic carbocycles. The van der Waals surface area contributed by atoms with E-state index in [0.29, 0.717) is 5.76 Å². The number of hydrogen-bond acceptors (Lipinski definition) is 3. The first-order valence-electron chi connectivity index (χ1n) is 6.42. The van der Waals surface area contributed by atoms with Crippen LogP contribution in [0.1, 0.15) is 12.5 Å². The Bertz CT molecular complexity index is 649. The van der Waals surface area contributed by atoms with E-state index in [1.807, 2.05) is 73.7 Å². The first kappa shape index (κ1) is 13.0. The van der Waals surface area contributed by atoms with Crippen LogP contribution in [0.25, 0.3) is 0 Å². The van der Waals surface area contributed by atoms with E-state index in [2.05, 4.69) is 0 Å². The molecule has 1 atom stereocenters. The molecule has 2 aromatic rings. The van der Waals surface area contributed by atoms with Crippen LogP contribution in [0.4, 0.5) is 0 Å². The Kier molecular flexibility index (Phi) is 3.36. The highest BCUT2D eigenvalue weighted by Crippen LogP contribution is 2.47. The summed E-state index contributed by atoms with van der Waals surface area (Å²) in [5, 5.41) is 0. The molecule has 0 bridgehead atoms. The molecule has 3 rings (SSSR count). The van der Waals surface area contributed by atoms with Crippen molar-refractivity contribution in [2.24, 2.45) is 0 Å². The number of esters is 1.